The fraction of sp³-hybridized carbons (Fsp3) is 0.529. The van der Waals surface area contributed by atoms with Crippen LogP contribution in [0.3, 0.4) is 0 Å². The molecule has 14 heteroatoms. The molecule has 0 aliphatic carbocycles. The lowest BCUT2D eigenvalue weighted by atomic mass is 10.00. The highest BCUT2D eigenvalue weighted by Crippen LogP contribution is 2.38. The third kappa shape index (κ3) is 5.35. The predicted octanol–water partition coefficient (Wildman–Crippen LogP) is 2.26. The molecule has 2 aromatic rings. The van der Waals surface area contributed by atoms with E-state index in [1.54, 1.807) is 4.57 Å². The van der Waals surface area contributed by atoms with Crippen molar-refractivity contribution in [1.82, 2.24) is 19.5 Å². The number of alkyl halides is 1. The minimum atomic E-state index is -1.02. The summed E-state index contributed by atoms with van der Waals surface area (Å²) in [7, 11) is 0. The van der Waals surface area contributed by atoms with E-state index < -0.39 is 46.4 Å². The highest BCUT2D eigenvalue weighted by atomic mass is 127. The van der Waals surface area contributed by atoms with Crippen molar-refractivity contribution < 1.29 is 33.3 Å². The van der Waals surface area contributed by atoms with Gasteiger partial charge in [0.05, 0.1) is 10.3 Å². The summed E-state index contributed by atoms with van der Waals surface area (Å²) in [5.74, 6) is -1.75. The largest absolute Gasteiger partial charge is 0.463 e. The summed E-state index contributed by atoms with van der Waals surface area (Å²) in [6.07, 6.45) is -2.28. The normalized spacial score (nSPS) is 25.8. The zero-order chi connectivity index (χ0) is 22.9. The highest BCUT2D eigenvalue weighted by Gasteiger charge is 2.50. The zero-order valence-electron chi connectivity index (χ0n) is 16.5. The molecule has 0 amide bonds. The van der Waals surface area contributed by atoms with Crippen molar-refractivity contribution in [2.45, 2.75) is 49.2 Å². The van der Waals surface area contributed by atoms with Gasteiger partial charge >= 0.3 is 17.9 Å². The maximum absolute atomic E-state index is 11.8. The average molecular weight is 587 g/mol. The van der Waals surface area contributed by atoms with E-state index >= 15 is 0 Å². The molecule has 0 aromatic carbocycles. The van der Waals surface area contributed by atoms with Crippen LogP contribution >= 0.6 is 45.8 Å². The van der Waals surface area contributed by atoms with E-state index in [4.69, 9.17) is 42.1 Å². The minimum absolute atomic E-state index is 0.0559. The maximum atomic E-state index is 11.8. The van der Waals surface area contributed by atoms with Crippen LogP contribution in [0.25, 0.3) is 11.2 Å². The van der Waals surface area contributed by atoms with Crippen molar-refractivity contribution in [3.05, 3.63) is 16.8 Å². The third-order valence-electron chi connectivity index (χ3n) is 4.27. The number of rotatable bonds is 5. The first-order valence-corrected chi connectivity index (χ1v) is 10.9. The summed E-state index contributed by atoms with van der Waals surface area (Å²) in [4.78, 5) is 47.1. The summed E-state index contributed by atoms with van der Waals surface area (Å²) >= 11 is 14.1. The smallest absolute Gasteiger partial charge is 0.303 e. The number of esters is 3. The van der Waals surface area contributed by atoms with Gasteiger partial charge in [0.15, 0.2) is 29.2 Å². The Morgan fingerprint density at radius 1 is 1.10 bits per heavy atom. The Balaban J connectivity index is 2.05. The molecule has 1 fully saturated rings. The molecule has 3 heterocycles. The summed E-state index contributed by atoms with van der Waals surface area (Å²) in [6.45, 7) is 3.44. The predicted molar refractivity (Wildman–Crippen MR) is 115 cm³/mol. The Kier molecular flexibility index (Phi) is 7.55. The lowest BCUT2D eigenvalue weighted by molar-refractivity contribution is -0.221. The van der Waals surface area contributed by atoms with Gasteiger partial charge in [0, 0.05) is 20.8 Å². The van der Waals surface area contributed by atoms with Gasteiger partial charge in [-0.05, 0) is 11.6 Å². The first-order valence-electron chi connectivity index (χ1n) is 8.91. The quantitative estimate of drug-likeness (QED) is 0.128. The van der Waals surface area contributed by atoms with E-state index in [2.05, 4.69) is 15.0 Å². The van der Waals surface area contributed by atoms with Gasteiger partial charge in [-0.25, -0.2) is 9.97 Å². The van der Waals surface area contributed by atoms with Gasteiger partial charge in [0.1, 0.15) is 18.2 Å². The van der Waals surface area contributed by atoms with Gasteiger partial charge in [0.25, 0.3) is 0 Å². The molecule has 1 aliphatic heterocycles. The second-order valence-corrected chi connectivity index (χ2v) is 8.70. The molecular weight excluding hydrogens is 570 g/mol. The van der Waals surface area contributed by atoms with E-state index in [1.165, 1.54) is 27.1 Å². The average Bonchev–Trinajstić information content (AvgIpc) is 3.07. The number of ether oxygens (including phenoxy) is 4. The SMILES string of the molecule is CC(=O)OC[C@H]1O[C@H](n2cnc3c(Cl)nc(Cl)nc32)[C@@H](I)[C@@H](OC(C)=O)[C@@H]1OC(C)=O. The van der Waals surface area contributed by atoms with Gasteiger partial charge in [-0.15, -0.1) is 0 Å². The molecule has 0 bridgehead atoms. The first kappa shape index (κ1) is 23.9. The van der Waals surface area contributed by atoms with Crippen molar-refractivity contribution in [2.24, 2.45) is 0 Å². The highest BCUT2D eigenvalue weighted by molar-refractivity contribution is 14.1. The number of carbonyl (C=O) groups is 3. The Morgan fingerprint density at radius 2 is 1.74 bits per heavy atom. The molecule has 0 spiro atoms. The van der Waals surface area contributed by atoms with E-state index in [1.807, 2.05) is 22.6 Å². The molecule has 1 saturated heterocycles. The molecule has 0 saturated carbocycles. The fourth-order valence-electron chi connectivity index (χ4n) is 3.14. The summed E-state index contributed by atoms with van der Waals surface area (Å²) in [6, 6.07) is 0. The molecule has 0 radical (unpaired) electrons. The lowest BCUT2D eigenvalue weighted by Crippen LogP contribution is -2.57. The number of fused-ring (bicyclic) bond motifs is 1. The number of carbonyl (C=O) groups excluding carboxylic acids is 3. The van der Waals surface area contributed by atoms with E-state index in [0.29, 0.717) is 5.52 Å². The van der Waals surface area contributed by atoms with Crippen LogP contribution in [-0.4, -0.2) is 66.3 Å². The second kappa shape index (κ2) is 9.79. The molecular formula is C17H17Cl2IN4O7. The molecule has 0 N–H and O–H groups in total. The van der Waals surface area contributed by atoms with Crippen molar-refractivity contribution in [2.75, 3.05) is 6.61 Å². The van der Waals surface area contributed by atoms with E-state index in [9.17, 15) is 14.4 Å². The number of hydrogen-bond acceptors (Lipinski definition) is 10. The van der Waals surface area contributed by atoms with Crippen LogP contribution in [0.15, 0.2) is 6.33 Å². The number of imidazole rings is 1. The zero-order valence-corrected chi connectivity index (χ0v) is 20.1. The van der Waals surface area contributed by atoms with Gasteiger partial charge in [0.2, 0.25) is 5.28 Å². The van der Waals surface area contributed by atoms with E-state index in [0.717, 1.165) is 0 Å². The van der Waals surface area contributed by atoms with Crippen LogP contribution in [0.1, 0.15) is 27.0 Å². The minimum Gasteiger partial charge on any atom is -0.463 e. The van der Waals surface area contributed by atoms with Crippen LogP contribution < -0.4 is 0 Å². The third-order valence-corrected chi connectivity index (χ3v) is 6.03. The maximum Gasteiger partial charge on any atom is 0.303 e. The lowest BCUT2D eigenvalue weighted by Gasteiger charge is -2.43. The number of hydrogen-bond donors (Lipinski definition) is 0. The van der Waals surface area contributed by atoms with E-state index in [-0.39, 0.29) is 22.7 Å². The Labute approximate surface area is 199 Å². The molecule has 2 aromatic heterocycles. The van der Waals surface area contributed by atoms with Crippen molar-refractivity contribution in [3.63, 3.8) is 0 Å². The van der Waals surface area contributed by atoms with Crippen molar-refractivity contribution in [3.8, 4) is 0 Å². The molecule has 3 rings (SSSR count). The van der Waals surface area contributed by atoms with Crippen LogP contribution in [-0.2, 0) is 33.3 Å². The monoisotopic (exact) mass is 586 g/mol. The van der Waals surface area contributed by atoms with Gasteiger partial charge in [-0.1, -0.05) is 34.2 Å². The topological polar surface area (TPSA) is 132 Å². The Hall–Kier alpha value is -1.77. The summed E-state index contributed by atoms with van der Waals surface area (Å²) < 4.78 is 23.1. The molecule has 0 unspecified atom stereocenters. The molecule has 11 nitrogen and oxygen atoms in total. The van der Waals surface area contributed by atoms with Crippen LogP contribution in [0, 0.1) is 0 Å². The van der Waals surface area contributed by atoms with Crippen LogP contribution in [0.4, 0.5) is 0 Å². The molecule has 5 atom stereocenters. The molecule has 1 aliphatic rings. The summed E-state index contributed by atoms with van der Waals surface area (Å²) in [5, 5.41) is -0.0359. The molecule has 168 valence electrons. The van der Waals surface area contributed by atoms with Crippen LogP contribution in [0.2, 0.25) is 10.4 Å². The van der Waals surface area contributed by atoms with Crippen molar-refractivity contribution in [1.29, 1.82) is 0 Å². The Bertz CT molecular complexity index is 1020. The molecule has 31 heavy (non-hydrogen) atoms. The number of halogens is 3. The standard InChI is InChI=1S/C17H17Cl2IN4O7/c1-6(25)28-4-9-12(29-7(2)26)13(30-8(3)27)10(20)16(31-9)24-5-21-11-14(18)22-17(19)23-15(11)24/h5,9-10,12-13,16H,4H2,1-3H3/t9-,10+,12-,13-,16+/m1/s1. The fourth-order valence-corrected chi connectivity index (χ4v) is 4.63. The van der Waals surface area contributed by atoms with Gasteiger partial charge in [-0.2, -0.15) is 4.98 Å². The van der Waals surface area contributed by atoms with Crippen molar-refractivity contribution >= 4 is 74.9 Å². The number of nitrogens with zero attached hydrogens (tertiary/aromatic N) is 4. The Morgan fingerprint density at radius 3 is 2.35 bits per heavy atom. The van der Waals surface area contributed by atoms with Gasteiger partial charge in [-0.3, -0.25) is 19.0 Å². The summed E-state index contributed by atoms with van der Waals surface area (Å²) in [5.41, 5.74) is 0.580. The van der Waals surface area contributed by atoms with Crippen LogP contribution in [0.5, 0.6) is 0 Å². The first-order chi connectivity index (χ1) is 14.6. The van der Waals surface area contributed by atoms with Gasteiger partial charge < -0.3 is 18.9 Å². The second-order valence-electron chi connectivity index (χ2n) is 6.57. The number of aromatic nitrogens is 4.